The second kappa shape index (κ2) is 6.03. The highest BCUT2D eigenvalue weighted by Crippen LogP contribution is 2.28. The van der Waals surface area contributed by atoms with Crippen molar-refractivity contribution in [3.8, 4) is 11.4 Å². The van der Waals surface area contributed by atoms with Crippen LogP contribution < -0.4 is 5.32 Å². The lowest BCUT2D eigenvalue weighted by atomic mass is 10.0. The molecule has 3 rings (SSSR count). The first kappa shape index (κ1) is 16.7. The lowest BCUT2D eigenvalue weighted by molar-refractivity contribution is 0.0646. The van der Waals surface area contributed by atoms with Crippen LogP contribution in [-0.2, 0) is 7.05 Å². The summed E-state index contributed by atoms with van der Waals surface area (Å²) < 4.78 is 1.89. The highest BCUT2D eigenvalue weighted by Gasteiger charge is 2.23. The zero-order chi connectivity index (χ0) is 17.5. The van der Waals surface area contributed by atoms with E-state index < -0.39 is 5.60 Å². The molecule has 2 N–H and O–H groups in total. The molecule has 0 radical (unpaired) electrons. The summed E-state index contributed by atoms with van der Waals surface area (Å²) in [5, 5.41) is 13.8. The molecule has 0 amide bonds. The quantitative estimate of drug-likeness (QED) is 0.759. The lowest BCUT2D eigenvalue weighted by Gasteiger charge is -2.26. The van der Waals surface area contributed by atoms with Crippen LogP contribution in [0.1, 0.15) is 20.8 Å². The summed E-state index contributed by atoms with van der Waals surface area (Å²) in [7, 11) is 1.89. The molecule has 0 bridgehead atoms. The van der Waals surface area contributed by atoms with Crippen LogP contribution in [0.5, 0.6) is 0 Å². The first-order chi connectivity index (χ1) is 11.3. The van der Waals surface area contributed by atoms with Gasteiger partial charge < -0.3 is 15.0 Å². The monoisotopic (exact) mass is 345 g/mol. The summed E-state index contributed by atoms with van der Waals surface area (Å²) in [4.78, 5) is 13.4. The van der Waals surface area contributed by atoms with Gasteiger partial charge in [-0.1, -0.05) is 23.7 Å². The van der Waals surface area contributed by atoms with Crippen LogP contribution in [0, 0.1) is 0 Å². The first-order valence-corrected chi connectivity index (χ1v) is 8.08. The maximum absolute atomic E-state index is 10.0. The number of halogens is 1. The Balaban J connectivity index is 2.02. The van der Waals surface area contributed by atoms with E-state index >= 15 is 0 Å². The van der Waals surface area contributed by atoms with E-state index in [9.17, 15) is 5.11 Å². The van der Waals surface area contributed by atoms with E-state index in [4.69, 9.17) is 11.6 Å². The summed E-state index contributed by atoms with van der Waals surface area (Å²) >= 11 is 6.28. The van der Waals surface area contributed by atoms with Crippen LogP contribution in [0.25, 0.3) is 22.6 Å². The van der Waals surface area contributed by atoms with E-state index in [1.807, 2.05) is 42.8 Å². The Kier molecular flexibility index (Phi) is 4.19. The van der Waals surface area contributed by atoms with Gasteiger partial charge in [0, 0.05) is 12.6 Å². The van der Waals surface area contributed by atoms with Crippen LogP contribution >= 0.6 is 11.6 Å². The molecule has 2 aromatic heterocycles. The minimum absolute atomic E-state index is 0.203. The maximum Gasteiger partial charge on any atom is 0.225 e. The molecule has 1 aromatic carbocycles. The smallest absolute Gasteiger partial charge is 0.225 e. The van der Waals surface area contributed by atoms with Gasteiger partial charge in [-0.05, 0) is 32.9 Å². The normalized spacial score (nSPS) is 13.2. The Bertz CT molecular complexity index is 884. The molecule has 3 aromatic rings. The summed E-state index contributed by atoms with van der Waals surface area (Å²) in [6.45, 7) is 5.36. The van der Waals surface area contributed by atoms with Gasteiger partial charge in [-0.2, -0.15) is 4.98 Å². The van der Waals surface area contributed by atoms with Gasteiger partial charge >= 0.3 is 0 Å². The molecule has 126 valence electrons. The van der Waals surface area contributed by atoms with Gasteiger partial charge in [0.2, 0.25) is 5.95 Å². The van der Waals surface area contributed by atoms with E-state index in [-0.39, 0.29) is 6.04 Å². The Morgan fingerprint density at radius 3 is 2.62 bits per heavy atom. The Labute approximate surface area is 145 Å². The number of anilines is 1. The van der Waals surface area contributed by atoms with Gasteiger partial charge in [0.15, 0.2) is 5.65 Å². The number of fused-ring (bicyclic) bond motifs is 1. The summed E-state index contributed by atoms with van der Waals surface area (Å²) in [6.07, 6.45) is 1.67. The third-order valence-corrected chi connectivity index (χ3v) is 4.46. The van der Waals surface area contributed by atoms with Crippen molar-refractivity contribution in [1.82, 2.24) is 19.5 Å². The van der Waals surface area contributed by atoms with Crippen LogP contribution in [-0.4, -0.2) is 36.3 Å². The van der Waals surface area contributed by atoms with Crippen molar-refractivity contribution in [2.45, 2.75) is 32.4 Å². The largest absolute Gasteiger partial charge is 0.388 e. The van der Waals surface area contributed by atoms with Crippen molar-refractivity contribution < 1.29 is 5.11 Å². The van der Waals surface area contributed by atoms with Crippen molar-refractivity contribution in [2.75, 3.05) is 5.32 Å². The fourth-order valence-electron chi connectivity index (χ4n) is 2.30. The van der Waals surface area contributed by atoms with Gasteiger partial charge in [-0.25, -0.2) is 9.97 Å². The van der Waals surface area contributed by atoms with Crippen molar-refractivity contribution in [3.05, 3.63) is 35.5 Å². The average Bonchev–Trinajstić information content (AvgIpc) is 2.84. The number of nitrogens with zero attached hydrogens (tertiary/aromatic N) is 4. The number of imidazole rings is 1. The molecule has 0 aliphatic carbocycles. The molecule has 0 aliphatic heterocycles. The molecule has 0 spiro atoms. The zero-order valence-electron chi connectivity index (χ0n) is 14.1. The number of aryl methyl sites for hydroxylation is 1. The Morgan fingerprint density at radius 2 is 1.96 bits per heavy atom. The predicted molar refractivity (Wildman–Crippen MR) is 96.1 cm³/mol. The number of aromatic nitrogens is 4. The SMILES string of the molecule is CC(Nc1ncc2nc(-c3ccccc3Cl)n(C)c2n1)C(C)(C)O. The predicted octanol–water partition coefficient (Wildman–Crippen LogP) is 3.26. The number of benzene rings is 1. The minimum Gasteiger partial charge on any atom is -0.388 e. The molecule has 0 aliphatic rings. The number of aliphatic hydroxyl groups is 1. The summed E-state index contributed by atoms with van der Waals surface area (Å²) in [5.74, 6) is 1.18. The number of rotatable bonds is 4. The fraction of sp³-hybridized carbons (Fsp3) is 0.353. The first-order valence-electron chi connectivity index (χ1n) is 7.70. The van der Waals surface area contributed by atoms with Gasteiger partial charge in [-0.3, -0.25) is 0 Å². The summed E-state index contributed by atoms with van der Waals surface area (Å²) in [5.41, 5.74) is 1.35. The second-order valence-electron chi connectivity index (χ2n) is 6.40. The van der Waals surface area contributed by atoms with E-state index in [0.29, 0.717) is 22.1 Å². The van der Waals surface area contributed by atoms with Gasteiger partial charge in [0.1, 0.15) is 11.3 Å². The van der Waals surface area contributed by atoms with E-state index in [1.54, 1.807) is 20.0 Å². The van der Waals surface area contributed by atoms with Crippen molar-refractivity contribution >= 4 is 28.7 Å². The Morgan fingerprint density at radius 1 is 1.25 bits per heavy atom. The third-order valence-electron chi connectivity index (χ3n) is 4.13. The van der Waals surface area contributed by atoms with Crippen LogP contribution in [0.15, 0.2) is 30.5 Å². The summed E-state index contributed by atoms with van der Waals surface area (Å²) in [6, 6.07) is 7.36. The average molecular weight is 346 g/mol. The number of hydrogen-bond donors (Lipinski definition) is 2. The maximum atomic E-state index is 10.0. The Hall–Kier alpha value is -2.18. The number of nitrogens with one attached hydrogen (secondary N) is 1. The molecule has 1 unspecified atom stereocenters. The van der Waals surface area contributed by atoms with Crippen molar-refractivity contribution in [2.24, 2.45) is 7.05 Å². The van der Waals surface area contributed by atoms with E-state index in [2.05, 4.69) is 20.3 Å². The molecule has 7 heteroatoms. The minimum atomic E-state index is -0.881. The van der Waals surface area contributed by atoms with Crippen LogP contribution in [0.4, 0.5) is 5.95 Å². The van der Waals surface area contributed by atoms with Gasteiger partial charge in [0.05, 0.1) is 22.9 Å². The fourth-order valence-corrected chi connectivity index (χ4v) is 2.53. The molecule has 6 nitrogen and oxygen atoms in total. The van der Waals surface area contributed by atoms with E-state index in [1.165, 1.54) is 0 Å². The van der Waals surface area contributed by atoms with Crippen LogP contribution in [0.2, 0.25) is 5.02 Å². The standard InChI is InChI=1S/C17H20ClN5O/c1-10(17(2,3)24)20-16-19-9-13-15(22-16)23(4)14(21-13)11-7-5-6-8-12(11)18/h5-10,24H,1-4H3,(H,19,20,22). The molecule has 0 saturated carbocycles. The molecule has 24 heavy (non-hydrogen) atoms. The highest BCUT2D eigenvalue weighted by atomic mass is 35.5. The molecule has 1 atom stereocenters. The third kappa shape index (κ3) is 3.07. The van der Waals surface area contributed by atoms with Gasteiger partial charge in [0.25, 0.3) is 0 Å². The number of hydrogen-bond acceptors (Lipinski definition) is 5. The highest BCUT2D eigenvalue weighted by molar-refractivity contribution is 6.33. The molecule has 2 heterocycles. The molecular formula is C17H20ClN5O. The topological polar surface area (TPSA) is 75.9 Å². The van der Waals surface area contributed by atoms with Crippen molar-refractivity contribution in [1.29, 1.82) is 0 Å². The lowest BCUT2D eigenvalue weighted by Crippen LogP contribution is -2.39. The zero-order valence-corrected chi connectivity index (χ0v) is 14.8. The van der Waals surface area contributed by atoms with Crippen LogP contribution in [0.3, 0.4) is 0 Å². The van der Waals surface area contributed by atoms with Gasteiger partial charge in [-0.15, -0.1) is 0 Å². The molecule has 0 saturated heterocycles. The molecular weight excluding hydrogens is 326 g/mol. The second-order valence-corrected chi connectivity index (χ2v) is 6.80. The molecule has 0 fully saturated rings. The van der Waals surface area contributed by atoms with E-state index in [0.717, 1.165) is 11.4 Å². The van der Waals surface area contributed by atoms with Crippen molar-refractivity contribution in [3.63, 3.8) is 0 Å².